The first-order chi connectivity index (χ1) is 10.1. The van der Waals surface area contributed by atoms with Gasteiger partial charge in [-0.05, 0) is 62.3 Å². The Morgan fingerprint density at radius 1 is 1.24 bits per heavy atom. The van der Waals surface area contributed by atoms with Crippen LogP contribution in [0.2, 0.25) is 0 Å². The van der Waals surface area contributed by atoms with Crippen molar-refractivity contribution in [3.63, 3.8) is 0 Å². The summed E-state index contributed by atoms with van der Waals surface area (Å²) >= 11 is 0. The average Bonchev–Trinajstić information content (AvgIpc) is 2.50. The Morgan fingerprint density at radius 2 is 2.05 bits per heavy atom. The fraction of sp³-hybridized carbons (Fsp3) is 0.588. The molecule has 1 saturated carbocycles. The van der Waals surface area contributed by atoms with Gasteiger partial charge in [-0.1, -0.05) is 12.8 Å². The van der Waals surface area contributed by atoms with Crippen LogP contribution in [-0.4, -0.2) is 18.0 Å². The molecule has 2 N–H and O–H groups in total. The van der Waals surface area contributed by atoms with Crippen molar-refractivity contribution in [3.8, 4) is 0 Å². The molecule has 1 aliphatic heterocycles. The van der Waals surface area contributed by atoms with E-state index >= 15 is 0 Å². The smallest absolute Gasteiger partial charge is 0.241 e. The van der Waals surface area contributed by atoms with Crippen molar-refractivity contribution in [2.45, 2.75) is 57.5 Å². The topological polar surface area (TPSA) is 41.1 Å². The molecule has 0 spiro atoms. The van der Waals surface area contributed by atoms with Crippen LogP contribution >= 0.6 is 0 Å². The Kier molecular flexibility index (Phi) is 4.24. The minimum atomic E-state index is -0.242. The van der Waals surface area contributed by atoms with Gasteiger partial charge < -0.3 is 10.6 Å². The second-order valence-electron chi connectivity index (χ2n) is 6.40. The van der Waals surface area contributed by atoms with Gasteiger partial charge >= 0.3 is 0 Å². The van der Waals surface area contributed by atoms with E-state index in [2.05, 4.69) is 10.6 Å². The summed E-state index contributed by atoms with van der Waals surface area (Å²) < 4.78 is 13.3. The SMILES string of the molecule is Cc1cc(NC(=O)C2CCC3CCCCC3N2)ccc1F. The molecule has 2 fully saturated rings. The molecule has 0 aromatic heterocycles. The Morgan fingerprint density at radius 3 is 2.86 bits per heavy atom. The first-order valence-electron chi connectivity index (χ1n) is 7.96. The van der Waals surface area contributed by atoms with Gasteiger partial charge in [0.25, 0.3) is 0 Å². The third-order valence-electron chi connectivity index (χ3n) is 4.89. The van der Waals surface area contributed by atoms with Gasteiger partial charge in [-0.25, -0.2) is 4.39 Å². The summed E-state index contributed by atoms with van der Waals surface area (Å²) in [6, 6.07) is 5.08. The summed E-state index contributed by atoms with van der Waals surface area (Å²) in [6.45, 7) is 1.70. The first kappa shape index (κ1) is 14.5. The molecule has 3 nitrogen and oxygen atoms in total. The summed E-state index contributed by atoms with van der Waals surface area (Å²) in [6.07, 6.45) is 7.10. The largest absolute Gasteiger partial charge is 0.325 e. The lowest BCUT2D eigenvalue weighted by molar-refractivity contribution is -0.119. The molecule has 0 bridgehead atoms. The number of amides is 1. The van der Waals surface area contributed by atoms with Crippen molar-refractivity contribution in [1.82, 2.24) is 5.32 Å². The lowest BCUT2D eigenvalue weighted by Gasteiger charge is -2.39. The predicted octanol–water partition coefficient (Wildman–Crippen LogP) is 3.38. The molecule has 1 aliphatic carbocycles. The summed E-state index contributed by atoms with van der Waals surface area (Å²) in [7, 11) is 0. The van der Waals surface area contributed by atoms with Gasteiger partial charge in [0.15, 0.2) is 0 Å². The van der Waals surface area contributed by atoms with Crippen molar-refractivity contribution in [3.05, 3.63) is 29.6 Å². The van der Waals surface area contributed by atoms with E-state index in [1.165, 1.54) is 31.7 Å². The Hall–Kier alpha value is -1.42. The van der Waals surface area contributed by atoms with Crippen LogP contribution in [0.5, 0.6) is 0 Å². The molecule has 1 aromatic carbocycles. The van der Waals surface area contributed by atoms with E-state index in [1.54, 1.807) is 19.1 Å². The number of benzene rings is 1. The summed E-state index contributed by atoms with van der Waals surface area (Å²) in [4.78, 5) is 12.4. The minimum absolute atomic E-state index is 0.00466. The fourth-order valence-electron chi connectivity index (χ4n) is 3.65. The molecule has 1 aromatic rings. The van der Waals surface area contributed by atoms with Crippen molar-refractivity contribution in [1.29, 1.82) is 0 Å². The number of halogens is 1. The maximum atomic E-state index is 13.3. The quantitative estimate of drug-likeness (QED) is 0.876. The molecule has 21 heavy (non-hydrogen) atoms. The molecule has 1 heterocycles. The number of hydrogen-bond acceptors (Lipinski definition) is 2. The average molecular weight is 290 g/mol. The highest BCUT2D eigenvalue weighted by Crippen LogP contribution is 2.32. The van der Waals surface area contributed by atoms with Gasteiger partial charge in [-0.3, -0.25) is 4.79 Å². The van der Waals surface area contributed by atoms with Crippen LogP contribution in [0.25, 0.3) is 0 Å². The van der Waals surface area contributed by atoms with E-state index in [9.17, 15) is 9.18 Å². The summed E-state index contributed by atoms with van der Waals surface area (Å²) in [5.74, 6) is 0.509. The Balaban J connectivity index is 1.61. The molecule has 3 unspecified atom stereocenters. The molecule has 0 radical (unpaired) electrons. The van der Waals surface area contributed by atoms with E-state index in [-0.39, 0.29) is 17.8 Å². The molecule has 4 heteroatoms. The molecular weight excluding hydrogens is 267 g/mol. The number of anilines is 1. The Bertz CT molecular complexity index is 532. The maximum absolute atomic E-state index is 13.3. The molecule has 1 amide bonds. The van der Waals surface area contributed by atoms with Crippen LogP contribution < -0.4 is 10.6 Å². The number of carbonyl (C=O) groups is 1. The van der Waals surface area contributed by atoms with E-state index in [4.69, 9.17) is 0 Å². The van der Waals surface area contributed by atoms with Crippen molar-refractivity contribution in [2.24, 2.45) is 5.92 Å². The molecule has 3 rings (SSSR count). The van der Waals surface area contributed by atoms with Gasteiger partial charge in [0.1, 0.15) is 5.82 Å². The normalized spacial score (nSPS) is 28.8. The molecular formula is C17H23FN2O. The fourth-order valence-corrected chi connectivity index (χ4v) is 3.65. The third kappa shape index (κ3) is 3.26. The van der Waals surface area contributed by atoms with Crippen LogP contribution in [0.3, 0.4) is 0 Å². The minimum Gasteiger partial charge on any atom is -0.325 e. The summed E-state index contributed by atoms with van der Waals surface area (Å²) in [5.41, 5.74) is 1.23. The number of carbonyl (C=O) groups excluding carboxylic acids is 1. The highest BCUT2D eigenvalue weighted by atomic mass is 19.1. The molecule has 1 saturated heterocycles. The maximum Gasteiger partial charge on any atom is 0.241 e. The zero-order chi connectivity index (χ0) is 14.8. The lowest BCUT2D eigenvalue weighted by Crippen LogP contribution is -2.53. The predicted molar refractivity (Wildman–Crippen MR) is 81.7 cm³/mol. The van der Waals surface area contributed by atoms with Crippen molar-refractivity contribution in [2.75, 3.05) is 5.32 Å². The molecule has 114 valence electrons. The zero-order valence-electron chi connectivity index (χ0n) is 12.5. The third-order valence-corrected chi connectivity index (χ3v) is 4.89. The second-order valence-corrected chi connectivity index (χ2v) is 6.40. The van der Waals surface area contributed by atoms with E-state index in [0.29, 0.717) is 17.3 Å². The number of hydrogen-bond donors (Lipinski definition) is 2. The monoisotopic (exact) mass is 290 g/mol. The van der Waals surface area contributed by atoms with E-state index in [1.807, 2.05) is 0 Å². The van der Waals surface area contributed by atoms with Gasteiger partial charge in [0.2, 0.25) is 5.91 Å². The van der Waals surface area contributed by atoms with Crippen LogP contribution in [0.1, 0.15) is 44.1 Å². The zero-order valence-corrected chi connectivity index (χ0v) is 12.5. The van der Waals surface area contributed by atoms with E-state index in [0.717, 1.165) is 18.8 Å². The Labute approximate surface area is 125 Å². The number of nitrogens with one attached hydrogen (secondary N) is 2. The van der Waals surface area contributed by atoms with Crippen LogP contribution in [0.15, 0.2) is 18.2 Å². The molecule has 3 atom stereocenters. The summed E-state index contributed by atoms with van der Waals surface area (Å²) in [5, 5.41) is 6.42. The number of aryl methyl sites for hydroxylation is 1. The van der Waals surface area contributed by atoms with Crippen molar-refractivity contribution >= 4 is 11.6 Å². The highest BCUT2D eigenvalue weighted by Gasteiger charge is 2.34. The second kappa shape index (κ2) is 6.14. The molecule has 2 aliphatic rings. The number of piperidine rings is 1. The number of rotatable bonds is 2. The van der Waals surface area contributed by atoms with Crippen LogP contribution in [-0.2, 0) is 4.79 Å². The van der Waals surface area contributed by atoms with Gasteiger partial charge in [-0.15, -0.1) is 0 Å². The lowest BCUT2D eigenvalue weighted by atomic mass is 9.77. The van der Waals surface area contributed by atoms with Crippen LogP contribution in [0, 0.1) is 18.7 Å². The van der Waals surface area contributed by atoms with Crippen LogP contribution in [0.4, 0.5) is 10.1 Å². The van der Waals surface area contributed by atoms with Gasteiger partial charge in [0, 0.05) is 11.7 Å². The van der Waals surface area contributed by atoms with E-state index < -0.39 is 0 Å². The van der Waals surface area contributed by atoms with Gasteiger partial charge in [-0.2, -0.15) is 0 Å². The highest BCUT2D eigenvalue weighted by molar-refractivity contribution is 5.95. The van der Waals surface area contributed by atoms with Crippen molar-refractivity contribution < 1.29 is 9.18 Å². The standard InChI is InChI=1S/C17H23FN2O/c1-11-10-13(7-8-14(11)18)19-17(21)16-9-6-12-4-2-3-5-15(12)20-16/h7-8,10,12,15-16,20H,2-6,9H2,1H3,(H,19,21). The van der Waals surface area contributed by atoms with Gasteiger partial charge in [0.05, 0.1) is 6.04 Å². The number of fused-ring (bicyclic) bond motifs is 1. The first-order valence-corrected chi connectivity index (χ1v) is 7.96.